The van der Waals surface area contributed by atoms with Crippen molar-refractivity contribution in [3.8, 4) is 0 Å². The van der Waals surface area contributed by atoms with Crippen LogP contribution in [0.3, 0.4) is 0 Å². The number of rotatable bonds is 2. The number of amides is 2. The molecule has 1 aromatic carbocycles. The number of benzene rings is 1. The molecule has 1 aromatic rings. The molecule has 0 saturated carbocycles. The van der Waals surface area contributed by atoms with Crippen LogP contribution in [-0.4, -0.2) is 23.6 Å². The molecule has 2 amide bonds. The van der Waals surface area contributed by atoms with Gasteiger partial charge in [0.2, 0.25) is 0 Å². The molecule has 0 spiro atoms. The molecule has 0 heterocycles. The van der Waals surface area contributed by atoms with Crippen molar-refractivity contribution in [3.05, 3.63) is 18.2 Å². The Morgan fingerprint density at radius 1 is 1.42 bits per heavy atom. The second-order valence-corrected chi connectivity index (χ2v) is 4.73. The third-order valence-electron chi connectivity index (χ3n) is 1.89. The number of primary amides is 1. The van der Waals surface area contributed by atoms with Crippen LogP contribution in [0.25, 0.3) is 0 Å². The molecule has 0 atom stereocenters. The van der Waals surface area contributed by atoms with Crippen LogP contribution in [0.4, 0.5) is 21.0 Å². The van der Waals surface area contributed by atoms with E-state index in [-0.39, 0.29) is 5.11 Å². The Labute approximate surface area is 119 Å². The largest absolute Gasteiger partial charge is 0.453 e. The van der Waals surface area contributed by atoms with Crippen LogP contribution in [0.2, 0.25) is 0 Å². The quantitative estimate of drug-likeness (QED) is 0.371. The van der Waals surface area contributed by atoms with Crippen molar-refractivity contribution in [2.45, 2.75) is 4.90 Å². The highest BCUT2D eigenvalue weighted by Gasteiger charge is 2.07. The molecule has 102 valence electrons. The number of hydrogen-bond acceptors (Lipinski definition) is 6. The van der Waals surface area contributed by atoms with Gasteiger partial charge in [-0.3, -0.25) is 10.1 Å². The Kier molecular flexibility index (Phi) is 5.39. The highest BCUT2D eigenvalue weighted by atomic mass is 32.2. The molecule has 0 aliphatic carbocycles. The van der Waals surface area contributed by atoms with Crippen molar-refractivity contribution in [2.75, 3.05) is 18.2 Å². The predicted octanol–water partition coefficient (Wildman–Crippen LogP) is 1.49. The summed E-state index contributed by atoms with van der Waals surface area (Å²) in [6, 6.07) is 4.83. The molecule has 0 aromatic heterocycles. The van der Waals surface area contributed by atoms with Gasteiger partial charge in [0.15, 0.2) is 5.11 Å². The minimum Gasteiger partial charge on any atom is -0.453 e. The third kappa shape index (κ3) is 5.02. The fourth-order valence-electron chi connectivity index (χ4n) is 1.13. The highest BCUT2D eigenvalue weighted by molar-refractivity contribution is 8.13. The maximum Gasteiger partial charge on any atom is 0.413 e. The maximum absolute atomic E-state index is 10.9. The van der Waals surface area contributed by atoms with E-state index in [1.807, 2.05) is 0 Å². The van der Waals surface area contributed by atoms with E-state index in [4.69, 9.17) is 23.7 Å². The number of methoxy groups -OCH3 is 1. The molecule has 19 heavy (non-hydrogen) atoms. The van der Waals surface area contributed by atoms with Crippen molar-refractivity contribution in [1.82, 2.24) is 5.32 Å². The molecule has 0 fully saturated rings. The van der Waals surface area contributed by atoms with Crippen molar-refractivity contribution < 1.29 is 14.3 Å². The Bertz CT molecular complexity index is 521. The van der Waals surface area contributed by atoms with Gasteiger partial charge in [-0.15, -0.1) is 0 Å². The lowest BCUT2D eigenvalue weighted by Gasteiger charge is -2.11. The summed E-state index contributed by atoms with van der Waals surface area (Å²) in [5.41, 5.74) is 11.7. The van der Waals surface area contributed by atoms with Crippen LogP contribution in [0.5, 0.6) is 0 Å². The van der Waals surface area contributed by atoms with Crippen molar-refractivity contribution >= 4 is 51.8 Å². The summed E-state index contributed by atoms with van der Waals surface area (Å²) < 4.78 is 4.39. The first-order valence-electron chi connectivity index (χ1n) is 4.95. The van der Waals surface area contributed by atoms with Gasteiger partial charge in [0, 0.05) is 4.90 Å². The number of nitrogens with two attached hydrogens (primary N) is 2. The Morgan fingerprint density at radius 3 is 2.63 bits per heavy atom. The SMILES string of the molecule is COC(=O)NC(=S)Nc1ccc(SC(N)=O)cc1N. The fraction of sp³-hybridized carbons (Fsp3) is 0.100. The lowest BCUT2D eigenvalue weighted by molar-refractivity contribution is 0.177. The van der Waals surface area contributed by atoms with Gasteiger partial charge in [0.25, 0.3) is 5.24 Å². The maximum atomic E-state index is 10.9. The van der Waals surface area contributed by atoms with Crippen LogP contribution in [-0.2, 0) is 4.74 Å². The zero-order valence-electron chi connectivity index (χ0n) is 9.93. The van der Waals surface area contributed by atoms with Gasteiger partial charge >= 0.3 is 6.09 Å². The number of carbonyl (C=O) groups excluding carboxylic acids is 2. The first-order valence-corrected chi connectivity index (χ1v) is 6.17. The smallest absolute Gasteiger partial charge is 0.413 e. The average Bonchev–Trinajstić information content (AvgIpc) is 2.31. The van der Waals surface area contributed by atoms with Crippen LogP contribution in [0.1, 0.15) is 0 Å². The number of thiocarbonyl (C=S) groups is 1. The van der Waals surface area contributed by atoms with Gasteiger partial charge in [-0.05, 0) is 42.2 Å². The second kappa shape index (κ2) is 6.81. The molecule has 0 aliphatic heterocycles. The monoisotopic (exact) mass is 300 g/mol. The van der Waals surface area contributed by atoms with Gasteiger partial charge in [0.1, 0.15) is 0 Å². The van der Waals surface area contributed by atoms with Gasteiger partial charge in [-0.1, -0.05) is 0 Å². The second-order valence-electron chi connectivity index (χ2n) is 3.24. The number of anilines is 2. The van der Waals surface area contributed by atoms with Gasteiger partial charge in [-0.25, -0.2) is 4.79 Å². The molecular weight excluding hydrogens is 288 g/mol. The first-order chi connectivity index (χ1) is 8.92. The van der Waals surface area contributed by atoms with E-state index < -0.39 is 11.3 Å². The molecule has 0 aliphatic rings. The number of carbonyl (C=O) groups is 2. The van der Waals surface area contributed by atoms with E-state index in [0.717, 1.165) is 11.8 Å². The summed E-state index contributed by atoms with van der Waals surface area (Å²) in [5.74, 6) is 0. The Hall–Kier alpha value is -2.00. The summed E-state index contributed by atoms with van der Waals surface area (Å²) >= 11 is 5.75. The molecule has 0 unspecified atom stereocenters. The molecule has 0 saturated heterocycles. The molecule has 6 N–H and O–H groups in total. The molecule has 9 heteroatoms. The van der Waals surface area contributed by atoms with Crippen LogP contribution >= 0.6 is 24.0 Å². The number of nitrogen functional groups attached to an aromatic ring is 1. The zero-order chi connectivity index (χ0) is 14.4. The van der Waals surface area contributed by atoms with E-state index >= 15 is 0 Å². The first kappa shape index (κ1) is 15.1. The van der Waals surface area contributed by atoms with Gasteiger partial charge < -0.3 is 21.5 Å². The topological polar surface area (TPSA) is 119 Å². The van der Waals surface area contributed by atoms with Crippen molar-refractivity contribution in [2.24, 2.45) is 5.73 Å². The Balaban J connectivity index is 2.72. The predicted molar refractivity (Wildman–Crippen MR) is 78.1 cm³/mol. The lowest BCUT2D eigenvalue weighted by Crippen LogP contribution is -2.34. The fourth-order valence-corrected chi connectivity index (χ4v) is 1.88. The number of ether oxygens (including phenoxy) is 1. The zero-order valence-corrected chi connectivity index (χ0v) is 11.6. The van der Waals surface area contributed by atoms with Crippen LogP contribution in [0.15, 0.2) is 23.1 Å². The van der Waals surface area contributed by atoms with Crippen LogP contribution in [0, 0.1) is 0 Å². The van der Waals surface area contributed by atoms with Crippen molar-refractivity contribution in [1.29, 1.82) is 0 Å². The van der Waals surface area contributed by atoms with Crippen molar-refractivity contribution in [3.63, 3.8) is 0 Å². The Morgan fingerprint density at radius 2 is 2.11 bits per heavy atom. The summed E-state index contributed by atoms with van der Waals surface area (Å²) in [6.07, 6.45) is -0.683. The minimum atomic E-state index is -0.683. The van der Waals surface area contributed by atoms with E-state index in [1.165, 1.54) is 7.11 Å². The summed E-state index contributed by atoms with van der Waals surface area (Å²) in [5, 5.41) is 4.53. The lowest BCUT2D eigenvalue weighted by atomic mass is 10.3. The van der Waals surface area contributed by atoms with Gasteiger partial charge in [-0.2, -0.15) is 0 Å². The summed E-state index contributed by atoms with van der Waals surface area (Å²) in [6.45, 7) is 0. The molecule has 0 bridgehead atoms. The van der Waals surface area contributed by atoms with E-state index in [2.05, 4.69) is 15.4 Å². The summed E-state index contributed by atoms with van der Waals surface area (Å²) in [4.78, 5) is 22.3. The van der Waals surface area contributed by atoms with Crippen LogP contribution < -0.4 is 22.1 Å². The molecule has 7 nitrogen and oxygen atoms in total. The number of thioether (sulfide) groups is 1. The molecular formula is C10H12N4O3S2. The normalized spacial score (nSPS) is 9.53. The average molecular weight is 300 g/mol. The van der Waals surface area contributed by atoms with Gasteiger partial charge in [0.05, 0.1) is 18.5 Å². The number of nitrogens with one attached hydrogen (secondary N) is 2. The standard InChI is InChI=1S/C10H12N4O3S2/c1-17-10(16)14-9(18)13-7-3-2-5(4-6(7)11)19-8(12)15/h2-4H,11H2,1H3,(H2,12,15)(H2,13,14,16,18). The van der Waals surface area contributed by atoms with E-state index in [1.54, 1.807) is 18.2 Å². The minimum absolute atomic E-state index is 0.0499. The molecule has 1 rings (SSSR count). The third-order valence-corrected chi connectivity index (χ3v) is 2.79. The van der Waals surface area contributed by atoms with E-state index in [0.29, 0.717) is 16.3 Å². The van der Waals surface area contributed by atoms with E-state index in [9.17, 15) is 9.59 Å². The highest BCUT2D eigenvalue weighted by Crippen LogP contribution is 2.26. The summed E-state index contributed by atoms with van der Waals surface area (Å²) in [7, 11) is 1.22. The number of hydrogen-bond donors (Lipinski definition) is 4. The molecule has 0 radical (unpaired) electrons. The number of alkyl carbamates (subject to hydrolysis) is 1.